The number of nitrogen functional groups attached to an aromatic ring is 1. The molecule has 8 heteroatoms. The molecule has 0 aliphatic carbocycles. The second-order valence-corrected chi connectivity index (χ2v) is 6.09. The molecule has 1 aromatic carbocycles. The third-order valence-electron chi connectivity index (χ3n) is 2.19. The number of nitrogens with zero attached hydrogens (tertiary/aromatic N) is 2. The Morgan fingerprint density at radius 1 is 1.32 bits per heavy atom. The third-order valence-corrected chi connectivity index (χ3v) is 3.58. The van der Waals surface area contributed by atoms with Crippen molar-refractivity contribution in [1.29, 1.82) is 0 Å². The van der Waals surface area contributed by atoms with Crippen molar-refractivity contribution in [2.75, 3.05) is 12.0 Å². The summed E-state index contributed by atoms with van der Waals surface area (Å²) in [6.45, 7) is 0. The first kappa shape index (κ1) is 13.6. The van der Waals surface area contributed by atoms with Crippen LogP contribution in [0, 0.1) is 0 Å². The largest absolute Gasteiger partial charge is 0.436 e. The summed E-state index contributed by atoms with van der Waals surface area (Å²) in [7, 11) is -3.42. The van der Waals surface area contributed by atoms with Crippen LogP contribution >= 0.6 is 11.6 Å². The first-order valence-electron chi connectivity index (χ1n) is 5.13. The van der Waals surface area contributed by atoms with Gasteiger partial charge in [0.15, 0.2) is 9.84 Å². The molecule has 0 radical (unpaired) electrons. The number of aromatic nitrogens is 2. The van der Waals surface area contributed by atoms with Crippen LogP contribution in [0.3, 0.4) is 0 Å². The molecule has 1 heterocycles. The lowest BCUT2D eigenvalue weighted by molar-refractivity contribution is 0.449. The normalized spacial score (nSPS) is 11.3. The number of anilines is 1. The summed E-state index contributed by atoms with van der Waals surface area (Å²) in [5.41, 5.74) is 5.43. The fraction of sp³-hybridized carbons (Fsp3) is 0.0909. The third kappa shape index (κ3) is 3.12. The molecule has 0 saturated heterocycles. The van der Waals surface area contributed by atoms with Crippen LogP contribution in [0.1, 0.15) is 0 Å². The molecule has 2 N–H and O–H groups in total. The molecule has 0 fully saturated rings. The zero-order valence-electron chi connectivity index (χ0n) is 9.87. The number of sulfone groups is 1. The van der Waals surface area contributed by atoms with Gasteiger partial charge in [0.05, 0.1) is 6.20 Å². The van der Waals surface area contributed by atoms with E-state index in [1.165, 1.54) is 18.3 Å². The second-order valence-electron chi connectivity index (χ2n) is 3.70. The Hall–Kier alpha value is -1.86. The van der Waals surface area contributed by atoms with Gasteiger partial charge in [-0.2, -0.15) is 4.98 Å². The highest BCUT2D eigenvalue weighted by Crippen LogP contribution is 2.31. The van der Waals surface area contributed by atoms with Crippen molar-refractivity contribution in [3.8, 4) is 11.6 Å². The van der Waals surface area contributed by atoms with Crippen molar-refractivity contribution in [3.63, 3.8) is 0 Å². The molecule has 6 nitrogen and oxygen atoms in total. The van der Waals surface area contributed by atoms with E-state index < -0.39 is 9.84 Å². The molecule has 0 bridgehead atoms. The average molecular weight is 300 g/mol. The van der Waals surface area contributed by atoms with Crippen molar-refractivity contribution < 1.29 is 13.2 Å². The fourth-order valence-corrected chi connectivity index (χ4v) is 2.31. The lowest BCUT2D eigenvalue weighted by Crippen LogP contribution is -2.02. The van der Waals surface area contributed by atoms with Crippen molar-refractivity contribution in [2.45, 2.75) is 4.90 Å². The second kappa shape index (κ2) is 5.02. The fourth-order valence-electron chi connectivity index (χ4n) is 1.38. The van der Waals surface area contributed by atoms with Crippen molar-refractivity contribution >= 4 is 27.4 Å². The van der Waals surface area contributed by atoms with Crippen LogP contribution in [-0.2, 0) is 9.84 Å². The van der Waals surface area contributed by atoms with E-state index in [9.17, 15) is 8.42 Å². The van der Waals surface area contributed by atoms with Crippen LogP contribution in [0.2, 0.25) is 5.02 Å². The average Bonchev–Trinajstić information content (AvgIpc) is 2.33. The summed E-state index contributed by atoms with van der Waals surface area (Å²) in [6, 6.07) is 6.18. The maximum atomic E-state index is 11.6. The van der Waals surface area contributed by atoms with Crippen LogP contribution in [0.15, 0.2) is 35.4 Å². The summed E-state index contributed by atoms with van der Waals surface area (Å²) in [5, 5.41) is 0.137. The molecular weight excluding hydrogens is 290 g/mol. The summed E-state index contributed by atoms with van der Waals surface area (Å²) < 4.78 is 28.7. The van der Waals surface area contributed by atoms with E-state index in [1.807, 2.05) is 0 Å². The molecule has 0 aliphatic rings. The van der Waals surface area contributed by atoms with Crippen molar-refractivity contribution in [1.82, 2.24) is 9.97 Å². The summed E-state index contributed by atoms with van der Waals surface area (Å²) in [5.74, 6) is 0.117. The van der Waals surface area contributed by atoms with Crippen LogP contribution in [0.4, 0.5) is 5.95 Å². The Balaban J connectivity index is 2.47. The standard InChI is InChI=1S/C11H10ClN3O3S/c1-19(16,17)9-5-3-2-4-8(9)18-10-7(12)6-14-11(13)15-10/h2-6H,1H3,(H2,13,14,15). The first-order valence-corrected chi connectivity index (χ1v) is 7.40. The maximum Gasteiger partial charge on any atom is 0.243 e. The zero-order chi connectivity index (χ0) is 14.0. The summed E-state index contributed by atoms with van der Waals surface area (Å²) in [6.07, 6.45) is 2.37. The Kier molecular flexibility index (Phi) is 3.59. The molecular formula is C11H10ClN3O3S. The lowest BCUT2D eigenvalue weighted by Gasteiger charge is -2.10. The van der Waals surface area contributed by atoms with Gasteiger partial charge < -0.3 is 10.5 Å². The van der Waals surface area contributed by atoms with E-state index >= 15 is 0 Å². The topological polar surface area (TPSA) is 95.2 Å². The number of benzene rings is 1. The van der Waals surface area contributed by atoms with E-state index in [0.717, 1.165) is 6.26 Å². The van der Waals surface area contributed by atoms with Gasteiger partial charge in [0.25, 0.3) is 0 Å². The molecule has 0 aliphatic heterocycles. The van der Waals surface area contributed by atoms with Gasteiger partial charge in [-0.1, -0.05) is 23.7 Å². The van der Waals surface area contributed by atoms with Gasteiger partial charge >= 0.3 is 0 Å². The van der Waals surface area contributed by atoms with Crippen molar-refractivity contribution in [3.05, 3.63) is 35.5 Å². The summed E-state index contributed by atoms with van der Waals surface area (Å²) >= 11 is 5.86. The number of halogens is 1. The minimum Gasteiger partial charge on any atom is -0.436 e. The predicted octanol–water partition coefficient (Wildman–Crippen LogP) is 1.91. The van der Waals surface area contributed by atoms with E-state index in [-0.39, 0.29) is 27.5 Å². The number of rotatable bonds is 3. The van der Waals surface area contributed by atoms with Gasteiger partial charge in [0, 0.05) is 6.26 Å². The molecule has 0 unspecified atom stereocenters. The highest BCUT2D eigenvalue weighted by Gasteiger charge is 2.16. The Bertz CT molecular complexity index is 719. The van der Waals surface area contributed by atoms with Crippen molar-refractivity contribution in [2.24, 2.45) is 0 Å². The van der Waals surface area contributed by atoms with Gasteiger partial charge in [-0.15, -0.1) is 0 Å². The Morgan fingerprint density at radius 3 is 2.68 bits per heavy atom. The number of hydrogen-bond acceptors (Lipinski definition) is 6. The minimum atomic E-state index is -3.42. The zero-order valence-corrected chi connectivity index (χ0v) is 11.4. The van der Waals surface area contributed by atoms with Gasteiger partial charge in [-0.25, -0.2) is 13.4 Å². The predicted molar refractivity (Wildman–Crippen MR) is 71.1 cm³/mol. The highest BCUT2D eigenvalue weighted by atomic mass is 35.5. The quantitative estimate of drug-likeness (QED) is 0.930. The monoisotopic (exact) mass is 299 g/mol. The number of para-hydroxylation sites is 1. The van der Waals surface area contributed by atoms with E-state index in [2.05, 4.69) is 9.97 Å². The Labute approximate surface area is 115 Å². The Morgan fingerprint density at radius 2 is 2.00 bits per heavy atom. The molecule has 2 rings (SSSR count). The summed E-state index contributed by atoms with van der Waals surface area (Å²) in [4.78, 5) is 7.54. The molecule has 1 aromatic heterocycles. The van der Waals surface area contributed by atoms with Gasteiger partial charge in [-0.3, -0.25) is 0 Å². The van der Waals surface area contributed by atoms with Crippen LogP contribution in [0.25, 0.3) is 0 Å². The van der Waals surface area contributed by atoms with Gasteiger partial charge in [-0.05, 0) is 12.1 Å². The molecule has 2 aromatic rings. The van der Waals surface area contributed by atoms with E-state index in [4.69, 9.17) is 22.1 Å². The molecule has 19 heavy (non-hydrogen) atoms. The van der Waals surface area contributed by atoms with E-state index in [1.54, 1.807) is 12.1 Å². The molecule has 0 amide bonds. The minimum absolute atomic E-state index is 0.00488. The maximum absolute atomic E-state index is 11.6. The van der Waals surface area contributed by atoms with Crippen LogP contribution < -0.4 is 10.5 Å². The molecule has 0 spiro atoms. The lowest BCUT2D eigenvalue weighted by atomic mass is 10.3. The molecule has 0 saturated carbocycles. The van der Waals surface area contributed by atoms with Crippen LogP contribution in [-0.4, -0.2) is 24.6 Å². The molecule has 0 atom stereocenters. The number of nitrogens with two attached hydrogens (primary N) is 1. The van der Waals surface area contributed by atoms with Crippen LogP contribution in [0.5, 0.6) is 11.6 Å². The van der Waals surface area contributed by atoms with E-state index in [0.29, 0.717) is 0 Å². The number of hydrogen-bond donors (Lipinski definition) is 1. The van der Waals surface area contributed by atoms with Gasteiger partial charge in [0.1, 0.15) is 15.7 Å². The molecule has 100 valence electrons. The SMILES string of the molecule is CS(=O)(=O)c1ccccc1Oc1nc(N)ncc1Cl. The first-order chi connectivity index (χ1) is 8.88. The number of ether oxygens (including phenoxy) is 1. The van der Waals surface area contributed by atoms with Gasteiger partial charge in [0.2, 0.25) is 11.8 Å². The smallest absolute Gasteiger partial charge is 0.243 e. The highest BCUT2D eigenvalue weighted by molar-refractivity contribution is 7.90.